The van der Waals surface area contributed by atoms with E-state index < -0.39 is 0 Å². The molecule has 1 aliphatic rings. The van der Waals surface area contributed by atoms with E-state index in [0.717, 1.165) is 38.3 Å². The quantitative estimate of drug-likeness (QED) is 0.591. The first kappa shape index (κ1) is 20.4. The molecule has 4 heteroatoms. The van der Waals surface area contributed by atoms with Crippen LogP contribution in [0, 0.1) is 11.8 Å². The van der Waals surface area contributed by atoms with E-state index >= 15 is 0 Å². The topological polar surface area (TPSA) is 41.6 Å². The maximum Gasteiger partial charge on any atom is 0.220 e. The molecule has 0 aromatic rings. The summed E-state index contributed by atoms with van der Waals surface area (Å²) in [4.78, 5) is 14.3. The first-order chi connectivity index (χ1) is 11.0. The largest absolute Gasteiger partial charge is 0.381 e. The molecule has 1 aliphatic heterocycles. The number of rotatable bonds is 11. The van der Waals surface area contributed by atoms with Crippen LogP contribution in [-0.2, 0) is 9.53 Å². The zero-order valence-corrected chi connectivity index (χ0v) is 15.8. The predicted octanol–water partition coefficient (Wildman–Crippen LogP) is 3.46. The molecule has 1 heterocycles. The third-order valence-electron chi connectivity index (χ3n) is 4.79. The Labute approximate surface area is 143 Å². The van der Waals surface area contributed by atoms with E-state index in [1.807, 2.05) is 0 Å². The van der Waals surface area contributed by atoms with Crippen molar-refractivity contribution >= 4 is 5.91 Å². The lowest BCUT2D eigenvalue weighted by Gasteiger charge is -2.34. The van der Waals surface area contributed by atoms with Gasteiger partial charge in [0.1, 0.15) is 0 Å². The van der Waals surface area contributed by atoms with E-state index in [1.165, 1.54) is 25.9 Å². The van der Waals surface area contributed by atoms with Gasteiger partial charge in [0, 0.05) is 32.2 Å². The number of hydrogen-bond donors (Lipinski definition) is 1. The summed E-state index contributed by atoms with van der Waals surface area (Å²) < 4.78 is 5.54. The van der Waals surface area contributed by atoms with Crippen molar-refractivity contribution in [2.24, 2.45) is 11.8 Å². The summed E-state index contributed by atoms with van der Waals surface area (Å²) in [6.07, 6.45) is 6.20. The van der Waals surface area contributed by atoms with E-state index in [-0.39, 0.29) is 5.91 Å². The van der Waals surface area contributed by atoms with Gasteiger partial charge < -0.3 is 15.0 Å². The summed E-state index contributed by atoms with van der Waals surface area (Å²) in [5.74, 6) is 1.65. The van der Waals surface area contributed by atoms with Crippen molar-refractivity contribution in [1.82, 2.24) is 10.2 Å². The highest BCUT2D eigenvalue weighted by atomic mass is 16.5. The average Bonchev–Trinajstić information content (AvgIpc) is 2.51. The molecule has 0 saturated carbocycles. The van der Waals surface area contributed by atoms with Crippen LogP contribution in [0.1, 0.15) is 66.2 Å². The van der Waals surface area contributed by atoms with Gasteiger partial charge in [0.25, 0.3) is 0 Å². The summed E-state index contributed by atoms with van der Waals surface area (Å²) >= 11 is 0. The third-order valence-corrected chi connectivity index (χ3v) is 4.79. The monoisotopic (exact) mass is 326 g/mol. The van der Waals surface area contributed by atoms with Crippen LogP contribution in [0.15, 0.2) is 0 Å². The van der Waals surface area contributed by atoms with Crippen molar-refractivity contribution in [3.05, 3.63) is 0 Å². The van der Waals surface area contributed by atoms with Crippen LogP contribution in [0.2, 0.25) is 0 Å². The van der Waals surface area contributed by atoms with Crippen molar-refractivity contribution in [2.75, 3.05) is 32.8 Å². The SMILES string of the molecule is CC(C)CCOCCCC(=O)NCCC1CCN(C(C)C)CC1. The van der Waals surface area contributed by atoms with Crippen LogP contribution in [0.25, 0.3) is 0 Å². The summed E-state index contributed by atoms with van der Waals surface area (Å²) in [6, 6.07) is 0.665. The molecule has 0 bridgehead atoms. The molecule has 0 unspecified atom stereocenters. The average molecular weight is 327 g/mol. The van der Waals surface area contributed by atoms with Crippen molar-refractivity contribution in [2.45, 2.75) is 72.3 Å². The minimum Gasteiger partial charge on any atom is -0.381 e. The van der Waals surface area contributed by atoms with Gasteiger partial charge in [0.15, 0.2) is 0 Å². The van der Waals surface area contributed by atoms with Crippen molar-refractivity contribution in [3.63, 3.8) is 0 Å². The highest BCUT2D eigenvalue weighted by molar-refractivity contribution is 5.75. The van der Waals surface area contributed by atoms with Crippen LogP contribution in [-0.4, -0.2) is 49.7 Å². The standard InChI is InChI=1S/C19H38N2O2/c1-16(2)10-15-23-14-5-6-19(22)20-11-7-18-8-12-21(13-9-18)17(3)4/h16-18H,5-15H2,1-4H3,(H,20,22). The van der Waals surface area contributed by atoms with Gasteiger partial charge in [-0.2, -0.15) is 0 Å². The number of nitrogens with zero attached hydrogens (tertiary/aromatic N) is 1. The predicted molar refractivity (Wildman–Crippen MR) is 96.6 cm³/mol. The zero-order valence-electron chi connectivity index (χ0n) is 15.8. The first-order valence-corrected chi connectivity index (χ1v) is 9.57. The normalized spacial score (nSPS) is 17.1. The number of nitrogens with one attached hydrogen (secondary N) is 1. The Morgan fingerprint density at radius 1 is 1.17 bits per heavy atom. The van der Waals surface area contributed by atoms with Gasteiger partial charge in [-0.15, -0.1) is 0 Å². The molecule has 23 heavy (non-hydrogen) atoms. The molecule has 0 aromatic carbocycles. The van der Waals surface area contributed by atoms with Crippen LogP contribution >= 0.6 is 0 Å². The molecule has 4 nitrogen and oxygen atoms in total. The van der Waals surface area contributed by atoms with Crippen LogP contribution in [0.4, 0.5) is 0 Å². The second-order valence-corrected chi connectivity index (χ2v) is 7.61. The lowest BCUT2D eigenvalue weighted by atomic mass is 9.93. The molecule has 0 aromatic heterocycles. The van der Waals surface area contributed by atoms with E-state index in [2.05, 4.69) is 37.9 Å². The Hall–Kier alpha value is -0.610. The summed E-state index contributed by atoms with van der Waals surface area (Å²) in [7, 11) is 0. The lowest BCUT2D eigenvalue weighted by Crippen LogP contribution is -2.39. The summed E-state index contributed by atoms with van der Waals surface area (Å²) in [5, 5.41) is 3.06. The second kappa shape index (κ2) is 11.9. The Bertz CT molecular complexity index is 310. The van der Waals surface area contributed by atoms with Gasteiger partial charge in [0.05, 0.1) is 0 Å². The highest BCUT2D eigenvalue weighted by Crippen LogP contribution is 2.21. The fraction of sp³-hybridized carbons (Fsp3) is 0.947. The van der Waals surface area contributed by atoms with E-state index in [0.29, 0.717) is 25.0 Å². The molecule has 0 aliphatic carbocycles. The molecule has 1 saturated heterocycles. The molecule has 1 fully saturated rings. The number of carbonyl (C=O) groups is 1. The minimum atomic E-state index is 0.178. The molecule has 136 valence electrons. The Morgan fingerprint density at radius 2 is 1.87 bits per heavy atom. The number of ether oxygens (including phenoxy) is 1. The molecule has 0 atom stereocenters. The van der Waals surface area contributed by atoms with Crippen molar-refractivity contribution in [3.8, 4) is 0 Å². The van der Waals surface area contributed by atoms with Gasteiger partial charge in [-0.05, 0) is 70.9 Å². The summed E-state index contributed by atoms with van der Waals surface area (Å²) in [6.45, 7) is 13.7. The highest BCUT2D eigenvalue weighted by Gasteiger charge is 2.20. The van der Waals surface area contributed by atoms with Gasteiger partial charge in [0.2, 0.25) is 5.91 Å². The molecular formula is C19H38N2O2. The zero-order chi connectivity index (χ0) is 17.1. The van der Waals surface area contributed by atoms with Gasteiger partial charge in [-0.3, -0.25) is 4.79 Å². The molecule has 0 radical (unpaired) electrons. The number of piperidine rings is 1. The van der Waals surface area contributed by atoms with Crippen LogP contribution in [0.3, 0.4) is 0 Å². The Kier molecular flexibility index (Phi) is 10.5. The van der Waals surface area contributed by atoms with Crippen molar-refractivity contribution in [1.29, 1.82) is 0 Å². The molecule has 1 rings (SSSR count). The van der Waals surface area contributed by atoms with Gasteiger partial charge >= 0.3 is 0 Å². The number of hydrogen-bond acceptors (Lipinski definition) is 3. The van der Waals surface area contributed by atoms with E-state index in [9.17, 15) is 4.79 Å². The fourth-order valence-electron chi connectivity index (χ4n) is 3.02. The maximum atomic E-state index is 11.8. The smallest absolute Gasteiger partial charge is 0.220 e. The van der Waals surface area contributed by atoms with Gasteiger partial charge in [-0.25, -0.2) is 0 Å². The minimum absolute atomic E-state index is 0.178. The number of amides is 1. The number of carbonyl (C=O) groups excluding carboxylic acids is 1. The van der Waals surface area contributed by atoms with Crippen LogP contribution in [0.5, 0.6) is 0 Å². The lowest BCUT2D eigenvalue weighted by molar-refractivity contribution is -0.121. The third kappa shape index (κ3) is 9.98. The number of likely N-dealkylation sites (tertiary alicyclic amines) is 1. The maximum absolute atomic E-state index is 11.8. The summed E-state index contributed by atoms with van der Waals surface area (Å²) in [5.41, 5.74) is 0. The van der Waals surface area contributed by atoms with Crippen molar-refractivity contribution < 1.29 is 9.53 Å². The molecule has 1 N–H and O–H groups in total. The van der Waals surface area contributed by atoms with Gasteiger partial charge in [-0.1, -0.05) is 13.8 Å². The van der Waals surface area contributed by atoms with E-state index in [4.69, 9.17) is 4.74 Å². The Morgan fingerprint density at radius 3 is 2.48 bits per heavy atom. The first-order valence-electron chi connectivity index (χ1n) is 9.57. The van der Waals surface area contributed by atoms with Crippen LogP contribution < -0.4 is 5.32 Å². The molecular weight excluding hydrogens is 288 g/mol. The molecule has 1 amide bonds. The molecule has 0 spiro atoms. The van der Waals surface area contributed by atoms with E-state index in [1.54, 1.807) is 0 Å². The second-order valence-electron chi connectivity index (χ2n) is 7.61. The fourth-order valence-corrected chi connectivity index (χ4v) is 3.02. The Balaban J connectivity index is 1.94.